The van der Waals surface area contributed by atoms with Crippen LogP contribution in [0.1, 0.15) is 94.0 Å². The summed E-state index contributed by atoms with van der Waals surface area (Å²) in [5, 5.41) is 0. The lowest BCUT2D eigenvalue weighted by Gasteiger charge is -2.19. The zero-order chi connectivity index (χ0) is 37.0. The van der Waals surface area contributed by atoms with Gasteiger partial charge in [-0.1, -0.05) is 93.6 Å². The van der Waals surface area contributed by atoms with Crippen LogP contribution in [0, 0.1) is 36.5 Å². The van der Waals surface area contributed by atoms with Crippen molar-refractivity contribution in [3.05, 3.63) is 112 Å². The van der Waals surface area contributed by atoms with Gasteiger partial charge < -0.3 is 23.7 Å². The molecule has 5 rings (SSSR count). The fourth-order valence-electron chi connectivity index (χ4n) is 6.31. The molecule has 0 bridgehead atoms. The van der Waals surface area contributed by atoms with Crippen LogP contribution < -0.4 is 4.74 Å². The van der Waals surface area contributed by atoms with Crippen LogP contribution in [-0.4, -0.2) is 45.3 Å². The maximum atomic E-state index is 11.8. The monoisotopic (exact) mass is 694 g/mol. The van der Waals surface area contributed by atoms with Gasteiger partial charge in [0.2, 0.25) is 0 Å². The number of allylic oxidation sites excluding steroid dienone is 1. The van der Waals surface area contributed by atoms with E-state index in [1.54, 1.807) is 14.2 Å². The number of fused-ring (bicyclic) bond motifs is 1. The summed E-state index contributed by atoms with van der Waals surface area (Å²) < 4.78 is 21.1. The van der Waals surface area contributed by atoms with Gasteiger partial charge in [-0.25, -0.2) is 4.79 Å². The van der Waals surface area contributed by atoms with Crippen LogP contribution in [0.4, 0.5) is 0 Å². The Bertz CT molecular complexity index is 1550. The Hall–Kier alpha value is -4.18. The molecule has 0 aromatic heterocycles. The molecule has 1 fully saturated rings. The number of cyclic esters (lactones) is 1. The second kappa shape index (κ2) is 22.6. The lowest BCUT2D eigenvalue weighted by atomic mass is 9.86. The van der Waals surface area contributed by atoms with Gasteiger partial charge in [0, 0.05) is 50.2 Å². The van der Waals surface area contributed by atoms with Gasteiger partial charge in [0.15, 0.2) is 0 Å². The number of methoxy groups -OCH3 is 2. The number of carbonyl (C=O) groups is 2. The van der Waals surface area contributed by atoms with E-state index in [4.69, 9.17) is 18.9 Å². The minimum atomic E-state index is -0.153. The van der Waals surface area contributed by atoms with Crippen LogP contribution in [0.3, 0.4) is 0 Å². The molecule has 0 N–H and O–H groups in total. The van der Waals surface area contributed by atoms with Gasteiger partial charge in [-0.15, -0.1) is 0 Å². The van der Waals surface area contributed by atoms with Gasteiger partial charge in [-0.05, 0) is 91.8 Å². The molecular formula is C45H58O6. The Balaban J connectivity index is 0.000000224. The molecule has 2 heterocycles. The fraction of sp³-hybridized carbons (Fsp3) is 0.467. The Morgan fingerprint density at radius 1 is 0.824 bits per heavy atom. The van der Waals surface area contributed by atoms with Crippen molar-refractivity contribution >= 4 is 12.3 Å². The highest BCUT2D eigenvalue weighted by atomic mass is 16.6. The van der Waals surface area contributed by atoms with Crippen molar-refractivity contribution in [1.29, 1.82) is 0 Å². The van der Waals surface area contributed by atoms with Crippen LogP contribution in [-0.2, 0) is 36.8 Å². The fourth-order valence-corrected chi connectivity index (χ4v) is 6.31. The van der Waals surface area contributed by atoms with E-state index < -0.39 is 0 Å². The highest BCUT2D eigenvalue weighted by Crippen LogP contribution is 2.31. The number of carbonyl (C=O) groups excluding carboxylic acids is 2. The lowest BCUT2D eigenvalue weighted by molar-refractivity contribution is -0.140. The van der Waals surface area contributed by atoms with E-state index in [-0.39, 0.29) is 18.2 Å². The molecule has 0 aliphatic carbocycles. The number of hydrogen-bond acceptors (Lipinski definition) is 6. The van der Waals surface area contributed by atoms with E-state index in [1.165, 1.54) is 29.5 Å². The van der Waals surface area contributed by atoms with E-state index in [0.29, 0.717) is 43.8 Å². The number of aryl methyl sites for hydroxylation is 1. The number of ether oxygens (including phenoxy) is 4. The second-order valence-electron chi connectivity index (χ2n) is 14.3. The highest BCUT2D eigenvalue weighted by molar-refractivity contribution is 5.90. The van der Waals surface area contributed by atoms with Crippen LogP contribution in [0.2, 0.25) is 0 Å². The second-order valence-corrected chi connectivity index (χ2v) is 14.3. The van der Waals surface area contributed by atoms with Gasteiger partial charge in [0.25, 0.3) is 0 Å². The van der Waals surface area contributed by atoms with Crippen molar-refractivity contribution in [2.45, 2.75) is 98.4 Å². The average Bonchev–Trinajstić information content (AvgIpc) is 3.68. The summed E-state index contributed by atoms with van der Waals surface area (Å²) in [6.07, 6.45) is 9.41. The highest BCUT2D eigenvalue weighted by Gasteiger charge is 2.28. The number of hydrogen-bond donors (Lipinski definition) is 0. The predicted molar refractivity (Wildman–Crippen MR) is 206 cm³/mol. The Morgan fingerprint density at radius 3 is 2.12 bits per heavy atom. The molecule has 6 heteroatoms. The molecule has 51 heavy (non-hydrogen) atoms. The van der Waals surface area contributed by atoms with E-state index in [1.807, 2.05) is 54.6 Å². The summed E-state index contributed by atoms with van der Waals surface area (Å²) >= 11 is 0. The molecule has 1 saturated heterocycles. The quantitative estimate of drug-likeness (QED) is 0.0769. The molecule has 3 aromatic rings. The molecule has 2 aliphatic rings. The van der Waals surface area contributed by atoms with Crippen LogP contribution >= 0.6 is 0 Å². The Labute approximate surface area is 306 Å². The molecule has 0 spiro atoms. The summed E-state index contributed by atoms with van der Waals surface area (Å²) in [6.45, 7) is 12.3. The van der Waals surface area contributed by atoms with Crippen molar-refractivity contribution in [2.75, 3.05) is 20.8 Å². The molecule has 0 radical (unpaired) electrons. The zero-order valence-electron chi connectivity index (χ0n) is 31.8. The molecule has 2 aliphatic heterocycles. The first-order valence-corrected chi connectivity index (χ1v) is 18.3. The van der Waals surface area contributed by atoms with Crippen LogP contribution in [0.15, 0.2) is 84.4 Å². The maximum absolute atomic E-state index is 11.8. The van der Waals surface area contributed by atoms with Crippen molar-refractivity contribution < 1.29 is 28.5 Å². The summed E-state index contributed by atoms with van der Waals surface area (Å²) in [6, 6.07) is 24.4. The standard InChI is InChI=1S/C20H18O2.C17H30O3.C8H10O/c1-15-4-6-16(7-5-15)8-9-17-10-11-20-18(13-17)14-19(22-20)3-2-12-21;1-12(2)8-14(9-13(3)4)6-7-15-10-16(11-19-5)20-17(15)18;1-9-7-8-5-3-2-4-6-8/h4-7,10-13,19H,2-3,14H2,1H3;7,12-14,16H,6,8-11H2,1-5H3;2-6H,7H2,1H3/b;15-7+;. The van der Waals surface area contributed by atoms with Crippen LogP contribution in [0.5, 0.6) is 5.75 Å². The summed E-state index contributed by atoms with van der Waals surface area (Å²) in [7, 11) is 3.34. The average molecular weight is 695 g/mol. The van der Waals surface area contributed by atoms with Gasteiger partial charge in [-0.2, -0.15) is 0 Å². The normalized spacial score (nSPS) is 16.7. The number of rotatable bonds is 13. The smallest absolute Gasteiger partial charge is 0.334 e. The van der Waals surface area contributed by atoms with Crippen molar-refractivity contribution in [3.8, 4) is 17.6 Å². The van der Waals surface area contributed by atoms with E-state index in [9.17, 15) is 9.59 Å². The molecule has 0 saturated carbocycles. The minimum Gasteiger partial charge on any atom is -0.490 e. The van der Waals surface area contributed by atoms with Gasteiger partial charge >= 0.3 is 5.97 Å². The first kappa shape index (κ1) is 41.2. The number of aldehydes is 1. The largest absolute Gasteiger partial charge is 0.490 e. The lowest BCUT2D eigenvalue weighted by Crippen LogP contribution is -2.13. The third-order valence-corrected chi connectivity index (χ3v) is 8.61. The van der Waals surface area contributed by atoms with Gasteiger partial charge in [0.05, 0.1) is 13.2 Å². The molecular weight excluding hydrogens is 636 g/mol. The molecule has 274 valence electrons. The van der Waals surface area contributed by atoms with Gasteiger partial charge in [-0.3, -0.25) is 0 Å². The number of benzene rings is 3. The van der Waals surface area contributed by atoms with Crippen molar-refractivity contribution in [1.82, 2.24) is 0 Å². The number of esters is 1. The van der Waals surface area contributed by atoms with E-state index >= 15 is 0 Å². The topological polar surface area (TPSA) is 71.1 Å². The minimum absolute atomic E-state index is 0.0904. The Morgan fingerprint density at radius 2 is 1.49 bits per heavy atom. The molecule has 2 unspecified atom stereocenters. The first-order valence-electron chi connectivity index (χ1n) is 18.3. The predicted octanol–water partition coefficient (Wildman–Crippen LogP) is 9.48. The summed E-state index contributed by atoms with van der Waals surface area (Å²) in [5.41, 5.74) is 6.50. The van der Waals surface area contributed by atoms with Crippen molar-refractivity contribution in [3.63, 3.8) is 0 Å². The summed E-state index contributed by atoms with van der Waals surface area (Å²) in [4.78, 5) is 22.2. The zero-order valence-corrected chi connectivity index (χ0v) is 31.8. The summed E-state index contributed by atoms with van der Waals surface area (Å²) in [5.74, 6) is 9.24. The molecule has 3 aromatic carbocycles. The Kier molecular flexibility index (Phi) is 18.3. The van der Waals surface area contributed by atoms with E-state index in [0.717, 1.165) is 48.0 Å². The maximum Gasteiger partial charge on any atom is 0.334 e. The van der Waals surface area contributed by atoms with Crippen molar-refractivity contribution in [2.24, 2.45) is 17.8 Å². The van der Waals surface area contributed by atoms with E-state index in [2.05, 4.69) is 70.7 Å². The molecule has 6 nitrogen and oxygen atoms in total. The first-order chi connectivity index (χ1) is 24.6. The third-order valence-electron chi connectivity index (χ3n) is 8.61. The van der Waals surface area contributed by atoms with Crippen LogP contribution in [0.25, 0.3) is 0 Å². The molecule has 2 atom stereocenters. The SMILES string of the molecule is COCC1C/C(=C\CC(CC(C)C)CC(C)C)C(=O)O1.COCc1ccccc1.Cc1ccc(C#Cc2ccc3c(c2)CC(CCC=O)O3)cc1. The van der Waals surface area contributed by atoms with Gasteiger partial charge in [0.1, 0.15) is 24.2 Å². The third kappa shape index (κ3) is 15.7. The molecule has 0 amide bonds.